The molecule has 27 heavy (non-hydrogen) atoms. The third-order valence-electron chi connectivity index (χ3n) is 3.43. The average molecular weight is 396 g/mol. The lowest BCUT2D eigenvalue weighted by Crippen LogP contribution is -2.19. The number of thioether (sulfide) groups is 1. The number of imide groups is 1. The van der Waals surface area contributed by atoms with Crippen molar-refractivity contribution in [2.75, 3.05) is 11.1 Å². The molecular weight excluding hydrogens is 385 g/mol. The number of fused-ring (bicyclic) bond motifs is 1. The van der Waals surface area contributed by atoms with E-state index in [9.17, 15) is 27.6 Å². The Morgan fingerprint density at radius 3 is 2.56 bits per heavy atom. The Kier molecular flexibility index (Phi) is 5.08. The Balaban J connectivity index is 1.59. The number of anilines is 1. The van der Waals surface area contributed by atoms with Gasteiger partial charge in [0.05, 0.1) is 16.9 Å². The molecule has 0 aliphatic carbocycles. The van der Waals surface area contributed by atoms with Gasteiger partial charge in [-0.1, -0.05) is 6.07 Å². The van der Waals surface area contributed by atoms with Gasteiger partial charge in [-0.05, 0) is 36.4 Å². The third-order valence-corrected chi connectivity index (χ3v) is 4.42. The van der Waals surface area contributed by atoms with Crippen LogP contribution in [0.4, 0.5) is 18.9 Å². The first-order chi connectivity index (χ1) is 12.7. The van der Waals surface area contributed by atoms with Crippen molar-refractivity contribution in [3.63, 3.8) is 0 Å². The summed E-state index contributed by atoms with van der Waals surface area (Å²) in [5.41, 5.74) is 0.731. The van der Waals surface area contributed by atoms with Crippen molar-refractivity contribution in [3.8, 4) is 5.75 Å². The fraction of sp³-hybridized carbons (Fsp3) is 0.118. The molecule has 2 aromatic rings. The molecule has 2 N–H and O–H groups in total. The molecule has 140 valence electrons. The molecule has 2 aromatic carbocycles. The van der Waals surface area contributed by atoms with Gasteiger partial charge in [0, 0.05) is 10.6 Å². The molecule has 0 bridgehead atoms. The van der Waals surface area contributed by atoms with Crippen LogP contribution in [0.2, 0.25) is 0 Å². The molecule has 0 saturated carbocycles. The van der Waals surface area contributed by atoms with Crippen LogP contribution in [0.25, 0.3) is 0 Å². The van der Waals surface area contributed by atoms with Crippen molar-refractivity contribution in [2.24, 2.45) is 0 Å². The lowest BCUT2D eigenvalue weighted by atomic mass is 10.1. The molecule has 0 fully saturated rings. The van der Waals surface area contributed by atoms with E-state index in [1.165, 1.54) is 30.3 Å². The SMILES string of the molecule is O=C(CSc1cccc(OC(F)(F)F)c1)Nc1ccc2c(c1)C(=O)NC2=O. The van der Waals surface area contributed by atoms with Gasteiger partial charge in [0.1, 0.15) is 5.75 Å². The number of benzene rings is 2. The lowest BCUT2D eigenvalue weighted by Gasteiger charge is -2.10. The highest BCUT2D eigenvalue weighted by molar-refractivity contribution is 8.00. The molecule has 10 heteroatoms. The lowest BCUT2D eigenvalue weighted by molar-refractivity contribution is -0.274. The number of hydrogen-bond donors (Lipinski definition) is 2. The second kappa shape index (κ2) is 7.31. The van der Waals surface area contributed by atoms with Crippen molar-refractivity contribution < 1.29 is 32.3 Å². The largest absolute Gasteiger partial charge is 0.573 e. The van der Waals surface area contributed by atoms with Gasteiger partial charge in [-0.2, -0.15) is 0 Å². The Morgan fingerprint density at radius 2 is 1.81 bits per heavy atom. The maximum Gasteiger partial charge on any atom is 0.573 e. The van der Waals surface area contributed by atoms with Gasteiger partial charge in [-0.15, -0.1) is 24.9 Å². The van der Waals surface area contributed by atoms with Crippen LogP contribution in [0.15, 0.2) is 47.4 Å². The monoisotopic (exact) mass is 396 g/mol. The summed E-state index contributed by atoms with van der Waals surface area (Å²) >= 11 is 1.02. The summed E-state index contributed by atoms with van der Waals surface area (Å²) in [6, 6.07) is 9.57. The number of nitrogens with one attached hydrogen (secondary N) is 2. The van der Waals surface area contributed by atoms with Crippen LogP contribution >= 0.6 is 11.8 Å². The van der Waals surface area contributed by atoms with Crippen LogP contribution in [0.5, 0.6) is 5.75 Å². The van der Waals surface area contributed by atoms with Crippen molar-refractivity contribution >= 4 is 35.2 Å². The summed E-state index contributed by atoms with van der Waals surface area (Å²) in [4.78, 5) is 35.6. The van der Waals surface area contributed by atoms with Crippen LogP contribution in [-0.2, 0) is 4.79 Å². The average Bonchev–Trinajstić information content (AvgIpc) is 2.86. The van der Waals surface area contributed by atoms with Crippen LogP contribution in [0, 0.1) is 0 Å². The number of ether oxygens (including phenoxy) is 1. The summed E-state index contributed by atoms with van der Waals surface area (Å²) in [7, 11) is 0. The summed E-state index contributed by atoms with van der Waals surface area (Å²) in [5, 5.41) is 4.71. The summed E-state index contributed by atoms with van der Waals surface area (Å²) in [5.74, 6) is -1.90. The minimum Gasteiger partial charge on any atom is -0.406 e. The zero-order valence-corrected chi connectivity index (χ0v) is 14.2. The Bertz CT molecular complexity index is 931. The number of carbonyl (C=O) groups excluding carboxylic acids is 3. The summed E-state index contributed by atoms with van der Waals surface area (Å²) in [6.07, 6.45) is -4.79. The molecule has 0 spiro atoms. The molecule has 3 amide bonds. The van der Waals surface area contributed by atoms with Gasteiger partial charge in [-0.3, -0.25) is 19.7 Å². The van der Waals surface area contributed by atoms with E-state index >= 15 is 0 Å². The molecule has 0 radical (unpaired) electrons. The number of halogens is 3. The topological polar surface area (TPSA) is 84.5 Å². The molecule has 1 aliphatic rings. The Morgan fingerprint density at radius 1 is 1.07 bits per heavy atom. The van der Waals surface area contributed by atoms with Gasteiger partial charge in [0.2, 0.25) is 5.91 Å². The fourth-order valence-electron chi connectivity index (χ4n) is 2.35. The number of alkyl halides is 3. The van der Waals surface area contributed by atoms with Crippen molar-refractivity contribution in [2.45, 2.75) is 11.3 Å². The first-order valence-corrected chi connectivity index (χ1v) is 8.48. The van der Waals surface area contributed by atoms with E-state index in [1.807, 2.05) is 0 Å². The van der Waals surface area contributed by atoms with Crippen molar-refractivity contribution in [1.82, 2.24) is 5.32 Å². The summed E-state index contributed by atoms with van der Waals surface area (Å²) < 4.78 is 40.5. The van der Waals surface area contributed by atoms with E-state index in [0.717, 1.165) is 17.8 Å². The first kappa shape index (κ1) is 18.8. The molecule has 1 aliphatic heterocycles. The minimum absolute atomic E-state index is 0.0717. The van der Waals surface area contributed by atoms with Gasteiger partial charge in [-0.25, -0.2) is 0 Å². The maximum absolute atomic E-state index is 12.2. The number of hydrogen-bond acceptors (Lipinski definition) is 5. The predicted molar refractivity (Wildman–Crippen MR) is 90.7 cm³/mol. The standard InChI is InChI=1S/C17H11F3N2O4S/c18-17(19,20)26-10-2-1-3-11(7-10)27-8-14(23)21-9-4-5-12-13(6-9)16(25)22-15(12)24/h1-7H,8H2,(H,21,23)(H,22,24,25). The van der Waals surface area contributed by atoms with E-state index in [2.05, 4.69) is 15.4 Å². The summed E-state index contributed by atoms with van der Waals surface area (Å²) in [6.45, 7) is 0. The zero-order valence-electron chi connectivity index (χ0n) is 13.4. The molecule has 0 aromatic heterocycles. The van der Waals surface area contributed by atoms with Crippen LogP contribution in [0.1, 0.15) is 20.7 Å². The predicted octanol–water partition coefficient (Wildman–Crippen LogP) is 3.20. The minimum atomic E-state index is -4.79. The van der Waals surface area contributed by atoms with E-state index in [1.54, 1.807) is 6.07 Å². The quantitative estimate of drug-likeness (QED) is 0.599. The molecule has 6 nitrogen and oxygen atoms in total. The van der Waals surface area contributed by atoms with E-state index in [-0.39, 0.29) is 22.6 Å². The van der Waals surface area contributed by atoms with Crippen LogP contribution in [0.3, 0.4) is 0 Å². The molecular formula is C17H11F3N2O4S. The van der Waals surface area contributed by atoms with Gasteiger partial charge < -0.3 is 10.1 Å². The fourth-order valence-corrected chi connectivity index (χ4v) is 3.10. The van der Waals surface area contributed by atoms with E-state index in [4.69, 9.17) is 0 Å². The van der Waals surface area contributed by atoms with Crippen molar-refractivity contribution in [1.29, 1.82) is 0 Å². The zero-order chi connectivity index (χ0) is 19.6. The van der Waals surface area contributed by atoms with Crippen LogP contribution in [-0.4, -0.2) is 29.8 Å². The second-order valence-electron chi connectivity index (χ2n) is 5.40. The highest BCUT2D eigenvalue weighted by Crippen LogP contribution is 2.27. The third kappa shape index (κ3) is 4.79. The normalized spacial score (nSPS) is 13.1. The molecule has 1 heterocycles. The highest BCUT2D eigenvalue weighted by Gasteiger charge is 2.31. The first-order valence-electron chi connectivity index (χ1n) is 7.49. The van der Waals surface area contributed by atoms with E-state index in [0.29, 0.717) is 10.6 Å². The Labute approximate surface area is 155 Å². The highest BCUT2D eigenvalue weighted by atomic mass is 32.2. The molecule has 0 unspecified atom stereocenters. The van der Waals surface area contributed by atoms with Crippen LogP contribution < -0.4 is 15.4 Å². The molecule has 0 saturated heterocycles. The number of carbonyl (C=O) groups is 3. The number of rotatable bonds is 5. The maximum atomic E-state index is 12.2. The van der Waals surface area contributed by atoms with E-state index < -0.39 is 24.1 Å². The van der Waals surface area contributed by atoms with Gasteiger partial charge in [0.15, 0.2) is 0 Å². The van der Waals surface area contributed by atoms with Crippen molar-refractivity contribution in [3.05, 3.63) is 53.6 Å². The Hall–Kier alpha value is -3.01. The number of amides is 3. The van der Waals surface area contributed by atoms with Gasteiger partial charge >= 0.3 is 6.36 Å². The van der Waals surface area contributed by atoms with Gasteiger partial charge in [0.25, 0.3) is 11.8 Å². The second-order valence-corrected chi connectivity index (χ2v) is 6.45. The molecule has 0 atom stereocenters. The smallest absolute Gasteiger partial charge is 0.406 e. The molecule has 3 rings (SSSR count).